The average molecular weight is 395 g/mol. The number of nitrogens with zero attached hydrogens (tertiary/aromatic N) is 4. The number of para-hydroxylation sites is 1. The van der Waals surface area contributed by atoms with Gasteiger partial charge in [-0.3, -0.25) is 5.10 Å². The van der Waals surface area contributed by atoms with E-state index in [1.54, 1.807) is 4.68 Å². The van der Waals surface area contributed by atoms with Crippen LogP contribution in [0.4, 0.5) is 5.82 Å². The summed E-state index contributed by atoms with van der Waals surface area (Å²) in [5, 5.41) is 31.5. The number of rotatable bonds is 2. The number of fused-ring (bicyclic) bond motifs is 2. The standard InChI is InChI=1S/C20H19ClN6O/c1-10-6-5-7-12(16(10)21)17-18(19(28)15-11(2)23-25-20(15)22-17)27-14-9-4-3-8-13(14)24-26-27/h3-9,17-19,28H,1-2H3,(H2,22,23,25)/t17-,18-,19-/m1/s1. The van der Waals surface area contributed by atoms with Crippen LogP contribution in [0.25, 0.3) is 11.0 Å². The van der Waals surface area contributed by atoms with Crippen molar-refractivity contribution in [3.8, 4) is 0 Å². The van der Waals surface area contributed by atoms with E-state index in [1.165, 1.54) is 0 Å². The molecule has 3 atom stereocenters. The van der Waals surface area contributed by atoms with Gasteiger partial charge in [-0.15, -0.1) is 5.10 Å². The van der Waals surface area contributed by atoms with Gasteiger partial charge in [0, 0.05) is 16.3 Å². The van der Waals surface area contributed by atoms with E-state index in [4.69, 9.17) is 11.6 Å². The minimum atomic E-state index is -0.832. The molecule has 0 aliphatic carbocycles. The fourth-order valence-electron chi connectivity index (χ4n) is 4.05. The topological polar surface area (TPSA) is 91.7 Å². The molecule has 1 aliphatic rings. The summed E-state index contributed by atoms with van der Waals surface area (Å²) in [6, 6.07) is 12.8. The first-order chi connectivity index (χ1) is 13.6. The molecule has 0 fully saturated rings. The monoisotopic (exact) mass is 394 g/mol. The van der Waals surface area contributed by atoms with Crippen LogP contribution in [0, 0.1) is 13.8 Å². The van der Waals surface area contributed by atoms with E-state index in [2.05, 4.69) is 25.8 Å². The normalized spacial score (nSPS) is 21.5. The van der Waals surface area contributed by atoms with Gasteiger partial charge in [-0.1, -0.05) is 47.1 Å². The van der Waals surface area contributed by atoms with Crippen LogP contribution < -0.4 is 5.32 Å². The first kappa shape index (κ1) is 17.2. The van der Waals surface area contributed by atoms with Gasteiger partial charge in [0.25, 0.3) is 0 Å². The van der Waals surface area contributed by atoms with Gasteiger partial charge >= 0.3 is 0 Å². The van der Waals surface area contributed by atoms with Crippen molar-refractivity contribution in [1.82, 2.24) is 25.2 Å². The Labute approximate surface area is 166 Å². The highest BCUT2D eigenvalue weighted by atomic mass is 35.5. The second-order valence-electron chi connectivity index (χ2n) is 7.17. The number of benzene rings is 2. The van der Waals surface area contributed by atoms with Crippen LogP contribution in [0.2, 0.25) is 5.02 Å². The molecule has 142 valence electrons. The van der Waals surface area contributed by atoms with Crippen molar-refractivity contribution < 1.29 is 5.11 Å². The lowest BCUT2D eigenvalue weighted by Crippen LogP contribution is -2.34. The van der Waals surface area contributed by atoms with E-state index in [1.807, 2.05) is 56.3 Å². The summed E-state index contributed by atoms with van der Waals surface area (Å²) in [7, 11) is 0. The molecule has 0 spiro atoms. The first-order valence-corrected chi connectivity index (χ1v) is 9.48. The molecule has 3 N–H and O–H groups in total. The number of hydrogen-bond acceptors (Lipinski definition) is 5. The van der Waals surface area contributed by atoms with E-state index >= 15 is 0 Å². The Bertz CT molecular complexity index is 1180. The summed E-state index contributed by atoms with van der Waals surface area (Å²) >= 11 is 6.66. The van der Waals surface area contributed by atoms with Gasteiger partial charge in [0.05, 0.1) is 11.6 Å². The molecule has 0 amide bonds. The first-order valence-electron chi connectivity index (χ1n) is 9.10. The van der Waals surface area contributed by atoms with Crippen LogP contribution in [-0.2, 0) is 0 Å². The molecule has 0 saturated heterocycles. The molecular formula is C20H19ClN6O. The van der Waals surface area contributed by atoms with E-state index in [0.717, 1.165) is 33.4 Å². The number of aryl methyl sites for hydroxylation is 2. The van der Waals surface area contributed by atoms with Gasteiger partial charge < -0.3 is 10.4 Å². The lowest BCUT2D eigenvalue weighted by atomic mass is 9.87. The van der Waals surface area contributed by atoms with E-state index < -0.39 is 12.1 Å². The van der Waals surface area contributed by atoms with E-state index in [0.29, 0.717) is 10.8 Å². The van der Waals surface area contributed by atoms with Crippen molar-refractivity contribution in [1.29, 1.82) is 0 Å². The number of aliphatic hydroxyl groups excluding tert-OH is 1. The van der Waals surface area contributed by atoms with Crippen LogP contribution in [0.5, 0.6) is 0 Å². The van der Waals surface area contributed by atoms with Gasteiger partial charge in [-0.25, -0.2) is 4.68 Å². The number of aliphatic hydroxyl groups is 1. The molecular weight excluding hydrogens is 376 g/mol. The average Bonchev–Trinajstić information content (AvgIpc) is 3.28. The second-order valence-corrected chi connectivity index (χ2v) is 7.55. The van der Waals surface area contributed by atoms with Crippen LogP contribution in [0.15, 0.2) is 42.5 Å². The maximum absolute atomic E-state index is 11.4. The predicted octanol–water partition coefficient (Wildman–Crippen LogP) is 3.87. The Morgan fingerprint density at radius 3 is 2.79 bits per heavy atom. The van der Waals surface area contributed by atoms with Crippen LogP contribution in [-0.4, -0.2) is 30.3 Å². The minimum absolute atomic E-state index is 0.331. The molecule has 0 radical (unpaired) electrons. The van der Waals surface area contributed by atoms with Gasteiger partial charge in [-0.05, 0) is 37.1 Å². The largest absolute Gasteiger partial charge is 0.386 e. The number of aromatic amines is 1. The second kappa shape index (κ2) is 6.32. The number of H-pyrrole nitrogens is 1. The Kier molecular flexibility index (Phi) is 3.89. The van der Waals surface area contributed by atoms with Crippen molar-refractivity contribution in [2.75, 3.05) is 5.32 Å². The quantitative estimate of drug-likeness (QED) is 0.480. The molecule has 2 aromatic carbocycles. The Hall–Kier alpha value is -2.90. The lowest BCUT2D eigenvalue weighted by Gasteiger charge is -2.37. The maximum atomic E-state index is 11.4. The molecule has 0 bridgehead atoms. The molecule has 28 heavy (non-hydrogen) atoms. The Morgan fingerprint density at radius 2 is 1.93 bits per heavy atom. The number of anilines is 1. The summed E-state index contributed by atoms with van der Waals surface area (Å²) in [5.41, 5.74) is 5.05. The third-order valence-electron chi connectivity index (χ3n) is 5.46. The number of nitrogens with one attached hydrogen (secondary N) is 2. The van der Waals surface area contributed by atoms with E-state index in [9.17, 15) is 5.11 Å². The van der Waals surface area contributed by atoms with Crippen molar-refractivity contribution in [3.05, 3.63) is 69.9 Å². The van der Waals surface area contributed by atoms with Gasteiger partial charge in [0.2, 0.25) is 0 Å². The minimum Gasteiger partial charge on any atom is -0.386 e. The molecule has 0 saturated carbocycles. The highest BCUT2D eigenvalue weighted by molar-refractivity contribution is 6.32. The van der Waals surface area contributed by atoms with Crippen LogP contribution >= 0.6 is 11.6 Å². The molecule has 5 rings (SSSR count). The smallest absolute Gasteiger partial charge is 0.154 e. The third kappa shape index (κ3) is 2.43. The summed E-state index contributed by atoms with van der Waals surface area (Å²) in [6.45, 7) is 3.86. The molecule has 1 aliphatic heterocycles. The number of halogens is 1. The van der Waals surface area contributed by atoms with Crippen molar-refractivity contribution in [2.24, 2.45) is 0 Å². The zero-order valence-corrected chi connectivity index (χ0v) is 16.1. The van der Waals surface area contributed by atoms with Gasteiger partial charge in [0.15, 0.2) is 5.82 Å². The van der Waals surface area contributed by atoms with Crippen molar-refractivity contribution in [3.63, 3.8) is 0 Å². The molecule has 8 heteroatoms. The summed E-state index contributed by atoms with van der Waals surface area (Å²) in [6.07, 6.45) is -0.832. The Morgan fingerprint density at radius 1 is 1.11 bits per heavy atom. The molecule has 7 nitrogen and oxygen atoms in total. The van der Waals surface area contributed by atoms with Crippen LogP contribution in [0.3, 0.4) is 0 Å². The van der Waals surface area contributed by atoms with Crippen LogP contribution in [0.1, 0.15) is 40.6 Å². The van der Waals surface area contributed by atoms with Crippen molar-refractivity contribution in [2.45, 2.75) is 32.0 Å². The molecule has 3 heterocycles. The zero-order chi connectivity index (χ0) is 19.4. The summed E-state index contributed by atoms with van der Waals surface area (Å²) in [5.74, 6) is 0.633. The summed E-state index contributed by atoms with van der Waals surface area (Å²) < 4.78 is 1.78. The molecule has 4 aromatic rings. The highest BCUT2D eigenvalue weighted by Crippen LogP contribution is 2.48. The van der Waals surface area contributed by atoms with Gasteiger partial charge in [0.1, 0.15) is 17.7 Å². The van der Waals surface area contributed by atoms with Gasteiger partial charge in [-0.2, -0.15) is 5.10 Å². The fraction of sp³-hybridized carbons (Fsp3) is 0.250. The number of aromatic nitrogens is 5. The predicted molar refractivity (Wildman–Crippen MR) is 107 cm³/mol. The Balaban J connectivity index is 1.74. The fourth-order valence-corrected chi connectivity index (χ4v) is 4.29. The summed E-state index contributed by atoms with van der Waals surface area (Å²) in [4.78, 5) is 0. The number of hydrogen-bond donors (Lipinski definition) is 3. The third-order valence-corrected chi connectivity index (χ3v) is 5.98. The van der Waals surface area contributed by atoms with Crippen molar-refractivity contribution >= 4 is 28.5 Å². The maximum Gasteiger partial charge on any atom is 0.154 e. The highest BCUT2D eigenvalue weighted by Gasteiger charge is 2.42. The lowest BCUT2D eigenvalue weighted by molar-refractivity contribution is 0.0901. The van der Waals surface area contributed by atoms with E-state index in [-0.39, 0.29) is 6.04 Å². The zero-order valence-electron chi connectivity index (χ0n) is 15.4. The molecule has 0 unspecified atom stereocenters. The molecule has 2 aromatic heterocycles. The SMILES string of the molecule is Cc1cccc([C@H]2Nc3n[nH]c(C)c3[C@@H](O)[C@@H]2n2nnc3ccccc32)c1Cl.